The highest BCUT2D eigenvalue weighted by Crippen LogP contribution is 2.70. The van der Waals surface area contributed by atoms with E-state index in [1.165, 1.54) is 13.8 Å². The number of fused-ring (bicyclic) bond motifs is 2. The summed E-state index contributed by atoms with van der Waals surface area (Å²) in [6.45, 7) is 6.09. The number of ether oxygens (including phenoxy) is 1. The Morgan fingerprint density at radius 2 is 1.45 bits per heavy atom. The molecule has 0 saturated heterocycles. The van der Waals surface area contributed by atoms with Crippen molar-refractivity contribution in [1.82, 2.24) is 0 Å². The molecular weight excluding hydrogens is 310 g/mol. The lowest BCUT2D eigenvalue weighted by Crippen LogP contribution is -2.72. The Balaban J connectivity index is 2.60. The molecular formula is C15H22F6O. The Kier molecular flexibility index (Phi) is 3.88. The van der Waals surface area contributed by atoms with Crippen LogP contribution in [0, 0.1) is 23.7 Å². The molecule has 0 radical (unpaired) electrons. The monoisotopic (exact) mass is 332 g/mol. The summed E-state index contributed by atoms with van der Waals surface area (Å²) in [7, 11) is 0. The number of rotatable bonds is 3. The summed E-state index contributed by atoms with van der Waals surface area (Å²) in [5, 5.41) is 0. The molecule has 2 saturated carbocycles. The van der Waals surface area contributed by atoms with Crippen molar-refractivity contribution in [2.75, 3.05) is 0 Å². The van der Waals surface area contributed by atoms with Crippen LogP contribution in [0.15, 0.2) is 0 Å². The van der Waals surface area contributed by atoms with Gasteiger partial charge in [-0.15, -0.1) is 0 Å². The fourth-order valence-electron chi connectivity index (χ4n) is 4.46. The van der Waals surface area contributed by atoms with Gasteiger partial charge >= 0.3 is 6.18 Å². The number of halogens is 6. The average molecular weight is 332 g/mol. The Bertz CT molecular complexity index is 448. The molecule has 0 heterocycles. The molecule has 0 aromatic rings. The lowest BCUT2D eigenvalue weighted by Gasteiger charge is -2.52. The largest absolute Gasteiger partial charge is 0.420 e. The van der Waals surface area contributed by atoms with Gasteiger partial charge in [-0.25, -0.2) is 13.2 Å². The van der Waals surface area contributed by atoms with Crippen LogP contribution in [-0.2, 0) is 4.74 Å². The second-order valence-corrected chi connectivity index (χ2v) is 7.20. The van der Waals surface area contributed by atoms with E-state index < -0.39 is 53.1 Å². The SMILES string of the molecule is CC(C)OC(C)(C(F)(F)F)C1(F)C2CC(C(C)C2C)C1(F)F. The first-order valence-corrected chi connectivity index (χ1v) is 7.53. The summed E-state index contributed by atoms with van der Waals surface area (Å²) in [5.41, 5.74) is -7.29. The predicted molar refractivity (Wildman–Crippen MR) is 69.4 cm³/mol. The van der Waals surface area contributed by atoms with Crippen molar-refractivity contribution in [3.8, 4) is 0 Å². The Morgan fingerprint density at radius 1 is 1.00 bits per heavy atom. The maximum absolute atomic E-state index is 15.5. The summed E-state index contributed by atoms with van der Waals surface area (Å²) < 4.78 is 90.2. The molecule has 2 fully saturated rings. The third kappa shape index (κ3) is 1.89. The fourth-order valence-corrected chi connectivity index (χ4v) is 4.46. The van der Waals surface area contributed by atoms with E-state index in [1.807, 2.05) is 0 Å². The molecule has 130 valence electrons. The van der Waals surface area contributed by atoms with Crippen molar-refractivity contribution in [2.24, 2.45) is 23.7 Å². The highest BCUT2D eigenvalue weighted by Gasteiger charge is 2.85. The molecule has 0 aliphatic heterocycles. The van der Waals surface area contributed by atoms with Gasteiger partial charge in [-0.05, 0) is 39.0 Å². The minimum Gasteiger partial charge on any atom is -0.360 e. The van der Waals surface area contributed by atoms with E-state index in [0.29, 0.717) is 6.92 Å². The van der Waals surface area contributed by atoms with Gasteiger partial charge in [0.25, 0.3) is 5.92 Å². The molecule has 0 aromatic carbocycles. The first-order chi connectivity index (χ1) is 9.72. The van der Waals surface area contributed by atoms with Gasteiger partial charge in [-0.1, -0.05) is 13.8 Å². The van der Waals surface area contributed by atoms with Gasteiger partial charge in [0.15, 0.2) is 0 Å². The quantitative estimate of drug-likeness (QED) is 0.661. The minimum absolute atomic E-state index is 0.237. The molecule has 0 spiro atoms. The molecule has 2 aliphatic carbocycles. The first kappa shape index (κ1) is 17.9. The predicted octanol–water partition coefficient (Wildman–Crippen LogP) is 5.00. The van der Waals surface area contributed by atoms with Crippen molar-refractivity contribution in [3.63, 3.8) is 0 Å². The van der Waals surface area contributed by atoms with E-state index in [0.717, 1.165) is 0 Å². The maximum Gasteiger partial charge on any atom is 0.420 e. The van der Waals surface area contributed by atoms with Crippen LogP contribution in [0.1, 0.15) is 41.0 Å². The number of hydrogen-bond donors (Lipinski definition) is 0. The van der Waals surface area contributed by atoms with Crippen LogP contribution in [0.3, 0.4) is 0 Å². The Hall–Kier alpha value is -0.460. The van der Waals surface area contributed by atoms with Crippen LogP contribution in [0.5, 0.6) is 0 Å². The third-order valence-corrected chi connectivity index (χ3v) is 5.77. The lowest BCUT2D eigenvalue weighted by molar-refractivity contribution is -0.369. The number of alkyl halides is 6. The van der Waals surface area contributed by atoms with Crippen LogP contribution in [-0.4, -0.2) is 29.5 Å². The molecule has 2 bridgehead atoms. The average Bonchev–Trinajstić information content (AvgIpc) is 2.73. The first-order valence-electron chi connectivity index (χ1n) is 7.53. The second kappa shape index (κ2) is 4.77. The fraction of sp³-hybridized carbons (Fsp3) is 1.00. The molecule has 2 aliphatic rings. The van der Waals surface area contributed by atoms with E-state index in [-0.39, 0.29) is 6.42 Å². The second-order valence-electron chi connectivity index (χ2n) is 7.20. The molecule has 0 aromatic heterocycles. The molecule has 0 N–H and O–H groups in total. The van der Waals surface area contributed by atoms with E-state index in [1.54, 1.807) is 13.8 Å². The smallest absolute Gasteiger partial charge is 0.360 e. The van der Waals surface area contributed by atoms with Gasteiger partial charge in [-0.2, -0.15) is 13.2 Å². The van der Waals surface area contributed by atoms with Gasteiger partial charge in [0.05, 0.1) is 6.10 Å². The van der Waals surface area contributed by atoms with E-state index >= 15 is 4.39 Å². The Labute approximate surface area is 126 Å². The van der Waals surface area contributed by atoms with Gasteiger partial charge in [0.1, 0.15) is 0 Å². The van der Waals surface area contributed by atoms with Crippen LogP contribution < -0.4 is 0 Å². The lowest BCUT2D eigenvalue weighted by atomic mass is 9.64. The van der Waals surface area contributed by atoms with Crippen molar-refractivity contribution in [1.29, 1.82) is 0 Å². The summed E-state index contributed by atoms with van der Waals surface area (Å²) >= 11 is 0. The van der Waals surface area contributed by atoms with Gasteiger partial charge < -0.3 is 4.74 Å². The molecule has 7 heteroatoms. The van der Waals surface area contributed by atoms with Crippen LogP contribution >= 0.6 is 0 Å². The molecule has 1 nitrogen and oxygen atoms in total. The van der Waals surface area contributed by atoms with E-state index in [2.05, 4.69) is 0 Å². The van der Waals surface area contributed by atoms with Gasteiger partial charge in [0.2, 0.25) is 11.3 Å². The zero-order valence-corrected chi connectivity index (χ0v) is 13.3. The topological polar surface area (TPSA) is 9.23 Å². The minimum atomic E-state index is -5.23. The molecule has 0 amide bonds. The zero-order chi connectivity index (χ0) is 17.3. The highest BCUT2D eigenvalue weighted by molar-refractivity contribution is 5.25. The molecule has 6 atom stereocenters. The van der Waals surface area contributed by atoms with Crippen LogP contribution in [0.25, 0.3) is 0 Å². The van der Waals surface area contributed by atoms with Crippen molar-refractivity contribution in [3.05, 3.63) is 0 Å². The zero-order valence-electron chi connectivity index (χ0n) is 13.3. The molecule has 6 unspecified atom stereocenters. The summed E-state index contributed by atoms with van der Waals surface area (Å²) in [5.74, 6) is -7.88. The highest BCUT2D eigenvalue weighted by atomic mass is 19.4. The molecule has 2 rings (SSSR count). The molecule has 22 heavy (non-hydrogen) atoms. The standard InChI is InChI=1S/C15H22F6O/c1-7(2)22-12(5,15(19,20)21)13(16)10-6-11(14(13,17)18)9(4)8(10)3/h7-11H,6H2,1-5H3. The maximum atomic E-state index is 15.5. The van der Waals surface area contributed by atoms with Crippen LogP contribution in [0.4, 0.5) is 26.3 Å². The van der Waals surface area contributed by atoms with E-state index in [4.69, 9.17) is 4.74 Å². The Morgan fingerprint density at radius 3 is 1.82 bits per heavy atom. The van der Waals surface area contributed by atoms with Gasteiger partial charge in [-0.3, -0.25) is 0 Å². The van der Waals surface area contributed by atoms with Gasteiger partial charge in [0, 0.05) is 11.8 Å². The van der Waals surface area contributed by atoms with Crippen molar-refractivity contribution >= 4 is 0 Å². The van der Waals surface area contributed by atoms with Crippen molar-refractivity contribution in [2.45, 2.75) is 70.5 Å². The van der Waals surface area contributed by atoms with Crippen molar-refractivity contribution < 1.29 is 31.1 Å². The summed E-state index contributed by atoms with van der Waals surface area (Å²) in [6.07, 6.45) is -6.50. The van der Waals surface area contributed by atoms with E-state index in [9.17, 15) is 22.0 Å². The van der Waals surface area contributed by atoms with Crippen LogP contribution in [0.2, 0.25) is 0 Å². The summed E-state index contributed by atoms with van der Waals surface area (Å²) in [6, 6.07) is 0. The normalized spacial score (nSPS) is 43.6. The summed E-state index contributed by atoms with van der Waals surface area (Å²) in [4.78, 5) is 0. The number of hydrogen-bond acceptors (Lipinski definition) is 1. The third-order valence-electron chi connectivity index (χ3n) is 5.77.